The van der Waals surface area contributed by atoms with Crippen molar-refractivity contribution in [2.24, 2.45) is 0 Å². The predicted molar refractivity (Wildman–Crippen MR) is 65.4 cm³/mol. The number of hydrogen-bond acceptors (Lipinski definition) is 3. The van der Waals surface area contributed by atoms with Gasteiger partial charge in [-0.05, 0) is 32.9 Å². The summed E-state index contributed by atoms with van der Waals surface area (Å²) in [5.74, 6) is -1.09. The molecule has 1 aromatic rings. The molecule has 0 fully saturated rings. The van der Waals surface area contributed by atoms with E-state index in [2.05, 4.69) is 15.9 Å². The Labute approximate surface area is 106 Å². The Morgan fingerprint density at radius 2 is 2.19 bits per heavy atom. The van der Waals surface area contributed by atoms with Gasteiger partial charge in [0, 0.05) is 20.0 Å². The molecule has 6 heteroatoms. The van der Waals surface area contributed by atoms with Crippen molar-refractivity contribution in [2.75, 3.05) is 7.05 Å². The van der Waals surface area contributed by atoms with E-state index in [1.807, 2.05) is 11.4 Å². The molecule has 0 spiro atoms. The maximum atomic E-state index is 11.5. The fourth-order valence-electron chi connectivity index (χ4n) is 1.20. The van der Waals surface area contributed by atoms with E-state index in [1.54, 1.807) is 18.4 Å². The largest absolute Gasteiger partial charge is 0.481 e. The topological polar surface area (TPSA) is 57.6 Å². The lowest BCUT2D eigenvalue weighted by Crippen LogP contribution is -2.26. The summed E-state index contributed by atoms with van der Waals surface area (Å²) in [5.41, 5.74) is 1.04. The third-order valence-electron chi connectivity index (χ3n) is 2.02. The Hall–Kier alpha value is -0.880. The summed E-state index contributed by atoms with van der Waals surface area (Å²) in [6.07, 6.45) is -0.0619. The first kappa shape index (κ1) is 13.2. The van der Waals surface area contributed by atoms with E-state index in [0.717, 1.165) is 9.35 Å². The third-order valence-corrected chi connectivity index (χ3v) is 3.57. The second-order valence-corrected chi connectivity index (χ2v) is 5.69. The highest BCUT2D eigenvalue weighted by Gasteiger charge is 2.11. The lowest BCUT2D eigenvalue weighted by atomic mass is 10.2. The van der Waals surface area contributed by atoms with Gasteiger partial charge in [-0.15, -0.1) is 11.3 Å². The second-order valence-electron chi connectivity index (χ2n) is 3.40. The normalized spacial score (nSPS) is 10.1. The van der Waals surface area contributed by atoms with E-state index < -0.39 is 5.97 Å². The van der Waals surface area contributed by atoms with Crippen molar-refractivity contribution in [1.82, 2.24) is 4.90 Å². The quantitative estimate of drug-likeness (QED) is 0.908. The molecule has 16 heavy (non-hydrogen) atoms. The van der Waals surface area contributed by atoms with Crippen molar-refractivity contribution < 1.29 is 14.7 Å². The van der Waals surface area contributed by atoms with E-state index in [1.165, 1.54) is 4.90 Å². The molecule has 0 aliphatic rings. The Kier molecular flexibility index (Phi) is 4.95. The van der Waals surface area contributed by atoms with Crippen LogP contribution in [0.15, 0.2) is 15.2 Å². The van der Waals surface area contributed by atoms with Crippen molar-refractivity contribution in [1.29, 1.82) is 0 Å². The van der Waals surface area contributed by atoms with Crippen molar-refractivity contribution in [3.8, 4) is 0 Å². The minimum absolute atomic E-state index is 0.0527. The Morgan fingerprint density at radius 1 is 1.50 bits per heavy atom. The molecule has 0 aliphatic carbocycles. The number of hydrogen-bond donors (Lipinski definition) is 1. The lowest BCUT2D eigenvalue weighted by molar-refractivity contribution is -0.140. The van der Waals surface area contributed by atoms with Crippen LogP contribution in [0.5, 0.6) is 0 Å². The van der Waals surface area contributed by atoms with Crippen LogP contribution in [0.3, 0.4) is 0 Å². The van der Waals surface area contributed by atoms with Gasteiger partial charge in [-0.1, -0.05) is 0 Å². The van der Waals surface area contributed by atoms with E-state index in [-0.39, 0.29) is 18.7 Å². The van der Waals surface area contributed by atoms with Crippen molar-refractivity contribution >= 4 is 39.1 Å². The predicted octanol–water partition coefficient (Wildman–Crippen LogP) is 2.33. The molecule has 1 rings (SSSR count). The Bertz CT molecular complexity index is 391. The third kappa shape index (κ3) is 4.32. The van der Waals surface area contributed by atoms with E-state index >= 15 is 0 Å². The molecule has 0 saturated carbocycles. The van der Waals surface area contributed by atoms with Crippen LogP contribution < -0.4 is 0 Å². The van der Waals surface area contributed by atoms with Gasteiger partial charge in [0.25, 0.3) is 0 Å². The highest BCUT2D eigenvalue weighted by Crippen LogP contribution is 2.21. The SMILES string of the molecule is CN(Cc1csc(Br)c1)C(=O)CCC(=O)O. The first-order chi connectivity index (χ1) is 7.49. The van der Waals surface area contributed by atoms with Crippen LogP contribution in [-0.4, -0.2) is 28.9 Å². The number of rotatable bonds is 5. The summed E-state index contributed by atoms with van der Waals surface area (Å²) in [7, 11) is 1.68. The number of amides is 1. The number of aliphatic carboxylic acids is 1. The molecular weight excluding hydrogens is 294 g/mol. The van der Waals surface area contributed by atoms with Gasteiger partial charge in [0.15, 0.2) is 0 Å². The molecular formula is C10H12BrNO3S. The summed E-state index contributed by atoms with van der Waals surface area (Å²) in [6.45, 7) is 0.514. The van der Waals surface area contributed by atoms with E-state index in [4.69, 9.17) is 5.11 Å². The van der Waals surface area contributed by atoms with Crippen molar-refractivity contribution in [3.05, 3.63) is 20.8 Å². The smallest absolute Gasteiger partial charge is 0.303 e. The van der Waals surface area contributed by atoms with Crippen LogP contribution >= 0.6 is 27.3 Å². The highest BCUT2D eigenvalue weighted by atomic mass is 79.9. The number of nitrogens with zero attached hydrogens (tertiary/aromatic N) is 1. The summed E-state index contributed by atoms with van der Waals surface area (Å²) >= 11 is 4.91. The number of carbonyl (C=O) groups excluding carboxylic acids is 1. The van der Waals surface area contributed by atoms with Gasteiger partial charge < -0.3 is 10.0 Å². The van der Waals surface area contributed by atoms with Gasteiger partial charge in [-0.25, -0.2) is 0 Å². The van der Waals surface area contributed by atoms with Crippen LogP contribution in [0.25, 0.3) is 0 Å². The van der Waals surface area contributed by atoms with Crippen LogP contribution in [0.2, 0.25) is 0 Å². The second kappa shape index (κ2) is 6.00. The molecule has 0 bridgehead atoms. The average molecular weight is 306 g/mol. The van der Waals surface area contributed by atoms with Gasteiger partial charge in [-0.2, -0.15) is 0 Å². The van der Waals surface area contributed by atoms with Crippen LogP contribution in [-0.2, 0) is 16.1 Å². The Morgan fingerprint density at radius 3 is 2.69 bits per heavy atom. The Balaban J connectivity index is 2.42. The molecule has 1 heterocycles. The summed E-state index contributed by atoms with van der Waals surface area (Å²) in [6, 6.07) is 1.95. The zero-order valence-electron chi connectivity index (χ0n) is 8.77. The number of carboxylic acids is 1. The number of thiophene rings is 1. The summed E-state index contributed by atoms with van der Waals surface area (Å²) in [5, 5.41) is 10.4. The first-order valence-electron chi connectivity index (χ1n) is 4.67. The van der Waals surface area contributed by atoms with E-state index in [0.29, 0.717) is 6.54 Å². The molecule has 0 aliphatic heterocycles. The molecule has 1 amide bonds. The maximum absolute atomic E-state index is 11.5. The van der Waals surface area contributed by atoms with Crippen LogP contribution in [0, 0.1) is 0 Å². The van der Waals surface area contributed by atoms with Crippen LogP contribution in [0.4, 0.5) is 0 Å². The minimum atomic E-state index is -0.944. The van der Waals surface area contributed by atoms with Gasteiger partial charge in [0.05, 0.1) is 10.2 Å². The zero-order valence-corrected chi connectivity index (χ0v) is 11.2. The maximum Gasteiger partial charge on any atom is 0.303 e. The molecule has 0 saturated heterocycles. The summed E-state index contributed by atoms with van der Waals surface area (Å²) < 4.78 is 1.02. The zero-order chi connectivity index (χ0) is 12.1. The fourth-order valence-corrected chi connectivity index (χ4v) is 2.40. The van der Waals surface area contributed by atoms with Gasteiger partial charge in [0.2, 0.25) is 5.91 Å². The average Bonchev–Trinajstić information content (AvgIpc) is 2.60. The standard InChI is InChI=1S/C10H12BrNO3S/c1-12(9(13)2-3-10(14)15)5-7-4-8(11)16-6-7/h4,6H,2-3,5H2,1H3,(H,14,15). The van der Waals surface area contributed by atoms with Gasteiger partial charge in [0.1, 0.15) is 0 Å². The van der Waals surface area contributed by atoms with Gasteiger partial charge >= 0.3 is 5.97 Å². The monoisotopic (exact) mass is 305 g/mol. The van der Waals surface area contributed by atoms with E-state index in [9.17, 15) is 9.59 Å². The molecule has 0 aromatic carbocycles. The minimum Gasteiger partial charge on any atom is -0.481 e. The highest BCUT2D eigenvalue weighted by molar-refractivity contribution is 9.11. The van der Waals surface area contributed by atoms with Crippen molar-refractivity contribution in [3.63, 3.8) is 0 Å². The lowest BCUT2D eigenvalue weighted by Gasteiger charge is -2.15. The molecule has 88 valence electrons. The van der Waals surface area contributed by atoms with Gasteiger partial charge in [-0.3, -0.25) is 9.59 Å². The number of halogens is 1. The fraction of sp³-hybridized carbons (Fsp3) is 0.400. The molecule has 0 radical (unpaired) electrons. The van der Waals surface area contributed by atoms with Crippen molar-refractivity contribution in [2.45, 2.75) is 19.4 Å². The molecule has 0 atom stereocenters. The van der Waals surface area contributed by atoms with Crippen LogP contribution in [0.1, 0.15) is 18.4 Å². The molecule has 4 nitrogen and oxygen atoms in total. The molecule has 0 unspecified atom stereocenters. The first-order valence-corrected chi connectivity index (χ1v) is 6.35. The molecule has 1 aromatic heterocycles. The molecule has 1 N–H and O–H groups in total. The summed E-state index contributed by atoms with van der Waals surface area (Å²) in [4.78, 5) is 23.4. The number of carbonyl (C=O) groups is 2. The number of carboxylic acid groups (broad SMARTS) is 1.